The minimum absolute atomic E-state index is 0.0444. The van der Waals surface area contributed by atoms with E-state index in [0.717, 1.165) is 28.6 Å². The van der Waals surface area contributed by atoms with E-state index in [4.69, 9.17) is 4.74 Å². The van der Waals surface area contributed by atoms with Crippen molar-refractivity contribution in [2.24, 2.45) is 5.92 Å². The summed E-state index contributed by atoms with van der Waals surface area (Å²) in [7, 11) is 1.54. The van der Waals surface area contributed by atoms with E-state index < -0.39 is 5.97 Å². The van der Waals surface area contributed by atoms with Crippen LogP contribution >= 0.6 is 0 Å². The predicted molar refractivity (Wildman–Crippen MR) is 120 cm³/mol. The third-order valence-corrected chi connectivity index (χ3v) is 6.42. The molecule has 0 spiro atoms. The van der Waals surface area contributed by atoms with Crippen molar-refractivity contribution in [3.63, 3.8) is 0 Å². The zero-order valence-corrected chi connectivity index (χ0v) is 17.9. The van der Waals surface area contributed by atoms with Crippen molar-refractivity contribution in [2.45, 2.75) is 38.5 Å². The summed E-state index contributed by atoms with van der Waals surface area (Å²) in [4.78, 5) is 27.3. The molecule has 0 saturated heterocycles. The normalized spacial score (nSPS) is 15.2. The maximum absolute atomic E-state index is 12.7. The van der Waals surface area contributed by atoms with Crippen molar-refractivity contribution in [1.82, 2.24) is 10.3 Å². The molecule has 1 atom stereocenters. The summed E-state index contributed by atoms with van der Waals surface area (Å²) in [6.45, 7) is 2.79. The average Bonchev–Trinajstić information content (AvgIpc) is 3.45. The minimum Gasteiger partial charge on any atom is -0.496 e. The SMILES string of the molecule is COc1cc(C(=O)O)ccc1C(C)c1c[nH]c2ccc(C(=O)NCC3CCCC3)cc12. The summed E-state index contributed by atoms with van der Waals surface area (Å²) in [5.41, 5.74) is 3.71. The number of H-pyrrole nitrogens is 1. The molecule has 1 amide bonds. The van der Waals surface area contributed by atoms with Gasteiger partial charge in [-0.25, -0.2) is 4.79 Å². The van der Waals surface area contributed by atoms with E-state index in [2.05, 4.69) is 10.3 Å². The van der Waals surface area contributed by atoms with Gasteiger partial charge in [-0.3, -0.25) is 4.79 Å². The zero-order valence-electron chi connectivity index (χ0n) is 17.9. The number of hydrogen-bond acceptors (Lipinski definition) is 3. The van der Waals surface area contributed by atoms with Crippen LogP contribution in [0.5, 0.6) is 5.75 Å². The Kier molecular flexibility index (Phi) is 5.98. The molecule has 1 fully saturated rings. The van der Waals surface area contributed by atoms with Gasteiger partial charge < -0.3 is 20.1 Å². The third-order valence-electron chi connectivity index (χ3n) is 6.42. The molecule has 3 N–H and O–H groups in total. The molecular formula is C25H28N2O4. The Labute approximate surface area is 181 Å². The predicted octanol–water partition coefficient (Wildman–Crippen LogP) is 4.95. The number of aromatic nitrogens is 1. The molecule has 6 heteroatoms. The van der Waals surface area contributed by atoms with Gasteiger partial charge in [-0.2, -0.15) is 0 Å². The summed E-state index contributed by atoms with van der Waals surface area (Å²) in [6.07, 6.45) is 6.85. The van der Waals surface area contributed by atoms with E-state index in [1.165, 1.54) is 25.7 Å². The maximum Gasteiger partial charge on any atom is 0.335 e. The number of hydrogen-bond donors (Lipinski definition) is 3. The Bertz CT molecular complexity index is 1110. The first-order chi connectivity index (χ1) is 15.0. The molecule has 1 unspecified atom stereocenters. The standard InChI is InChI=1S/C25H28N2O4/c1-15(19-9-7-18(25(29)30)12-23(19)31-2)21-14-26-22-10-8-17(11-20(21)22)24(28)27-13-16-5-3-4-6-16/h7-12,14-16,26H,3-6,13H2,1-2H3,(H,27,28)(H,29,30). The van der Waals surface area contributed by atoms with Crippen LogP contribution in [0.3, 0.4) is 0 Å². The fourth-order valence-electron chi connectivity index (χ4n) is 4.56. The summed E-state index contributed by atoms with van der Waals surface area (Å²) in [5, 5.41) is 13.3. The fourth-order valence-corrected chi connectivity index (χ4v) is 4.56. The fraction of sp³-hybridized carbons (Fsp3) is 0.360. The van der Waals surface area contributed by atoms with Crippen molar-refractivity contribution in [2.75, 3.05) is 13.7 Å². The number of amides is 1. The van der Waals surface area contributed by atoms with E-state index in [1.807, 2.05) is 31.3 Å². The Morgan fingerprint density at radius 2 is 1.87 bits per heavy atom. The number of methoxy groups -OCH3 is 1. The quantitative estimate of drug-likeness (QED) is 0.504. The van der Waals surface area contributed by atoms with Crippen molar-refractivity contribution < 1.29 is 19.4 Å². The van der Waals surface area contributed by atoms with Gasteiger partial charge in [0.1, 0.15) is 5.75 Å². The molecule has 162 valence electrons. The van der Waals surface area contributed by atoms with E-state index in [0.29, 0.717) is 17.2 Å². The first-order valence-corrected chi connectivity index (χ1v) is 10.8. The Morgan fingerprint density at radius 3 is 2.58 bits per heavy atom. The molecule has 1 heterocycles. The van der Waals surface area contributed by atoms with E-state index in [-0.39, 0.29) is 17.4 Å². The van der Waals surface area contributed by atoms with Crippen LogP contribution in [-0.2, 0) is 0 Å². The van der Waals surface area contributed by atoms with Gasteiger partial charge in [0, 0.05) is 40.7 Å². The lowest BCUT2D eigenvalue weighted by atomic mass is 9.91. The summed E-state index contributed by atoms with van der Waals surface area (Å²) < 4.78 is 5.47. The highest BCUT2D eigenvalue weighted by molar-refractivity contribution is 5.99. The highest BCUT2D eigenvalue weighted by Crippen LogP contribution is 2.36. The van der Waals surface area contributed by atoms with Gasteiger partial charge in [-0.1, -0.05) is 25.8 Å². The second-order valence-electron chi connectivity index (χ2n) is 8.35. The lowest BCUT2D eigenvalue weighted by molar-refractivity contribution is 0.0696. The third kappa shape index (κ3) is 4.29. The molecule has 4 rings (SSSR count). The van der Waals surface area contributed by atoms with Crippen LogP contribution in [0, 0.1) is 5.92 Å². The van der Waals surface area contributed by atoms with Crippen LogP contribution in [0.2, 0.25) is 0 Å². The van der Waals surface area contributed by atoms with Crippen LogP contribution in [0.4, 0.5) is 0 Å². The summed E-state index contributed by atoms with van der Waals surface area (Å²) >= 11 is 0. The van der Waals surface area contributed by atoms with Crippen LogP contribution in [0.1, 0.15) is 70.4 Å². The highest BCUT2D eigenvalue weighted by atomic mass is 16.5. The van der Waals surface area contributed by atoms with Crippen LogP contribution < -0.4 is 10.1 Å². The Hall–Kier alpha value is -3.28. The van der Waals surface area contributed by atoms with Gasteiger partial charge >= 0.3 is 5.97 Å². The van der Waals surface area contributed by atoms with Crippen LogP contribution in [-0.4, -0.2) is 35.6 Å². The number of aromatic amines is 1. The van der Waals surface area contributed by atoms with Gasteiger partial charge in [0.05, 0.1) is 12.7 Å². The monoisotopic (exact) mass is 420 g/mol. The topological polar surface area (TPSA) is 91.4 Å². The minimum atomic E-state index is -0.988. The first-order valence-electron chi connectivity index (χ1n) is 10.8. The molecule has 0 bridgehead atoms. The molecular weight excluding hydrogens is 392 g/mol. The Morgan fingerprint density at radius 1 is 1.13 bits per heavy atom. The number of carboxylic acid groups (broad SMARTS) is 1. The number of nitrogens with one attached hydrogen (secondary N) is 2. The van der Waals surface area contributed by atoms with E-state index >= 15 is 0 Å². The summed E-state index contributed by atoms with van der Waals surface area (Å²) in [5.74, 6) is 0.0437. The molecule has 1 aromatic heterocycles. The largest absolute Gasteiger partial charge is 0.496 e. The van der Waals surface area contributed by atoms with Gasteiger partial charge in [0.25, 0.3) is 5.91 Å². The molecule has 1 saturated carbocycles. The number of carbonyl (C=O) groups is 2. The highest BCUT2D eigenvalue weighted by Gasteiger charge is 2.20. The van der Waals surface area contributed by atoms with Crippen LogP contribution in [0.25, 0.3) is 10.9 Å². The van der Waals surface area contributed by atoms with Gasteiger partial charge in [-0.05, 0) is 54.7 Å². The number of ether oxygens (including phenoxy) is 1. The number of carboxylic acids is 1. The number of fused-ring (bicyclic) bond motifs is 1. The van der Waals surface area contributed by atoms with Crippen molar-refractivity contribution in [3.05, 3.63) is 64.8 Å². The maximum atomic E-state index is 12.7. The second-order valence-corrected chi connectivity index (χ2v) is 8.35. The molecule has 3 aromatic rings. The van der Waals surface area contributed by atoms with E-state index in [1.54, 1.807) is 25.3 Å². The van der Waals surface area contributed by atoms with Crippen LogP contribution in [0.15, 0.2) is 42.6 Å². The van der Waals surface area contributed by atoms with Gasteiger partial charge in [0.2, 0.25) is 0 Å². The second kappa shape index (κ2) is 8.84. The number of carbonyl (C=O) groups excluding carboxylic acids is 1. The lowest BCUT2D eigenvalue weighted by Crippen LogP contribution is -2.28. The molecule has 0 aliphatic heterocycles. The Balaban J connectivity index is 1.61. The molecule has 1 aliphatic carbocycles. The van der Waals surface area contributed by atoms with E-state index in [9.17, 15) is 14.7 Å². The zero-order chi connectivity index (χ0) is 22.0. The molecule has 6 nitrogen and oxygen atoms in total. The van der Waals surface area contributed by atoms with Crippen molar-refractivity contribution in [3.8, 4) is 5.75 Å². The smallest absolute Gasteiger partial charge is 0.335 e. The van der Waals surface area contributed by atoms with Crippen molar-refractivity contribution >= 4 is 22.8 Å². The molecule has 2 aromatic carbocycles. The van der Waals surface area contributed by atoms with Crippen molar-refractivity contribution in [1.29, 1.82) is 0 Å². The van der Waals surface area contributed by atoms with Gasteiger partial charge in [0.15, 0.2) is 0 Å². The van der Waals surface area contributed by atoms with Gasteiger partial charge in [-0.15, -0.1) is 0 Å². The molecule has 0 radical (unpaired) electrons. The number of rotatable bonds is 7. The summed E-state index contributed by atoms with van der Waals surface area (Å²) in [6, 6.07) is 10.6. The molecule has 1 aliphatic rings. The molecule has 31 heavy (non-hydrogen) atoms. The first kappa shape index (κ1) is 21.0. The average molecular weight is 421 g/mol. The number of aromatic carboxylic acids is 1. The lowest BCUT2D eigenvalue weighted by Gasteiger charge is -2.16. The number of benzene rings is 2.